The van der Waals surface area contributed by atoms with Crippen molar-refractivity contribution in [1.29, 1.82) is 0 Å². The van der Waals surface area contributed by atoms with Gasteiger partial charge in [-0.25, -0.2) is 0 Å². The molecule has 0 bridgehead atoms. The van der Waals surface area contributed by atoms with Crippen molar-refractivity contribution in [2.75, 3.05) is 51.3 Å². The van der Waals surface area contributed by atoms with E-state index in [1.807, 2.05) is 12.1 Å². The summed E-state index contributed by atoms with van der Waals surface area (Å²) in [7, 11) is 0. The molecule has 176 valence electrons. The molecule has 2 atom stereocenters. The summed E-state index contributed by atoms with van der Waals surface area (Å²) in [5.41, 5.74) is 4.74. The van der Waals surface area contributed by atoms with Gasteiger partial charge in [0.2, 0.25) is 0 Å². The molecule has 1 amide bonds. The molecule has 0 spiro atoms. The Morgan fingerprint density at radius 3 is 2.21 bits per heavy atom. The molecule has 2 aromatic rings. The van der Waals surface area contributed by atoms with Gasteiger partial charge in [0, 0.05) is 50.5 Å². The number of nitrogens with zero attached hydrogens (tertiary/aromatic N) is 2. The third-order valence-corrected chi connectivity index (χ3v) is 7.66. The van der Waals surface area contributed by atoms with E-state index in [1.165, 1.54) is 16.8 Å². The Morgan fingerprint density at radius 1 is 0.970 bits per heavy atom. The van der Waals surface area contributed by atoms with Gasteiger partial charge in [-0.1, -0.05) is 45.0 Å². The monoisotopic (exact) mass is 447 g/mol. The zero-order valence-electron chi connectivity index (χ0n) is 20.2. The van der Waals surface area contributed by atoms with Crippen molar-refractivity contribution in [3.8, 4) is 0 Å². The molecule has 33 heavy (non-hydrogen) atoms. The largest absolute Gasteiger partial charge is 0.385 e. The number of morpholine rings is 1. The summed E-state index contributed by atoms with van der Waals surface area (Å²) in [6.07, 6.45) is 0. The minimum atomic E-state index is 0.111. The number of fused-ring (bicyclic) bond motifs is 1. The first-order chi connectivity index (χ1) is 15.9. The molecule has 3 fully saturated rings. The van der Waals surface area contributed by atoms with Crippen LogP contribution in [0.4, 0.5) is 5.69 Å². The molecule has 3 aliphatic rings. The van der Waals surface area contributed by atoms with E-state index in [1.54, 1.807) is 0 Å². The first-order valence-corrected chi connectivity index (χ1v) is 12.4. The molecule has 5 heteroatoms. The lowest BCUT2D eigenvalue weighted by Gasteiger charge is -2.26. The fourth-order valence-corrected chi connectivity index (χ4v) is 5.39. The number of amides is 1. The Hall–Kier alpha value is -2.37. The van der Waals surface area contributed by atoms with Crippen LogP contribution in [0.2, 0.25) is 0 Å². The lowest BCUT2D eigenvalue weighted by Crippen LogP contribution is -2.35. The number of likely N-dealkylation sites (tertiary alicyclic amines) is 1. The van der Waals surface area contributed by atoms with Crippen LogP contribution >= 0.6 is 0 Å². The van der Waals surface area contributed by atoms with E-state index in [0.717, 1.165) is 58.0 Å². The quantitative estimate of drug-likeness (QED) is 0.719. The van der Waals surface area contributed by atoms with Gasteiger partial charge in [-0.15, -0.1) is 0 Å². The average Bonchev–Trinajstić information content (AvgIpc) is 3.26. The highest BCUT2D eigenvalue weighted by Crippen LogP contribution is 2.51. The number of piperidine rings is 1. The molecule has 0 aromatic heterocycles. The molecule has 0 radical (unpaired) electrons. The van der Waals surface area contributed by atoms with Crippen LogP contribution in [0.25, 0.3) is 0 Å². The second-order valence-electron chi connectivity index (χ2n) is 11.0. The first kappa shape index (κ1) is 22.4. The molecular formula is C28H37N3O2. The summed E-state index contributed by atoms with van der Waals surface area (Å²) in [6, 6.07) is 17.1. The first-order valence-electron chi connectivity index (χ1n) is 12.4. The Balaban J connectivity index is 1.07. The van der Waals surface area contributed by atoms with Crippen LogP contribution in [0, 0.1) is 17.8 Å². The van der Waals surface area contributed by atoms with E-state index in [9.17, 15) is 4.79 Å². The normalized spacial score (nSPS) is 25.1. The SMILES string of the molecule is CC(C)(C)c1ccc(C(=O)N2CC3C(CNc4ccc(CN5CCOCC5)cc4)C3C2)cc1. The lowest BCUT2D eigenvalue weighted by atomic mass is 9.86. The number of ether oxygens (including phenoxy) is 1. The molecular weight excluding hydrogens is 410 g/mol. The number of carbonyl (C=O) groups excluding carboxylic acids is 1. The zero-order valence-corrected chi connectivity index (χ0v) is 20.2. The topological polar surface area (TPSA) is 44.8 Å². The summed E-state index contributed by atoms with van der Waals surface area (Å²) >= 11 is 0. The number of hydrogen-bond acceptors (Lipinski definition) is 4. The van der Waals surface area contributed by atoms with E-state index in [0.29, 0.717) is 17.8 Å². The summed E-state index contributed by atoms with van der Waals surface area (Å²) in [6.45, 7) is 14.1. The van der Waals surface area contributed by atoms with Crippen LogP contribution < -0.4 is 5.32 Å². The molecule has 2 aliphatic heterocycles. The third-order valence-electron chi connectivity index (χ3n) is 7.66. The van der Waals surface area contributed by atoms with Crippen LogP contribution in [0.1, 0.15) is 42.3 Å². The molecule has 1 saturated carbocycles. The van der Waals surface area contributed by atoms with Crippen molar-refractivity contribution in [2.24, 2.45) is 17.8 Å². The van der Waals surface area contributed by atoms with Crippen LogP contribution in [-0.2, 0) is 16.7 Å². The van der Waals surface area contributed by atoms with Gasteiger partial charge in [0.15, 0.2) is 0 Å². The number of benzene rings is 2. The predicted molar refractivity (Wildman–Crippen MR) is 133 cm³/mol. The van der Waals surface area contributed by atoms with Gasteiger partial charge in [-0.05, 0) is 58.6 Å². The molecule has 5 rings (SSSR count). The lowest BCUT2D eigenvalue weighted by molar-refractivity contribution is 0.0342. The highest BCUT2D eigenvalue weighted by molar-refractivity contribution is 5.94. The van der Waals surface area contributed by atoms with Gasteiger partial charge in [-0.2, -0.15) is 0 Å². The van der Waals surface area contributed by atoms with Crippen molar-refractivity contribution >= 4 is 11.6 Å². The number of hydrogen-bond donors (Lipinski definition) is 1. The maximum absolute atomic E-state index is 12.9. The molecule has 5 nitrogen and oxygen atoms in total. The fourth-order valence-electron chi connectivity index (χ4n) is 5.39. The van der Waals surface area contributed by atoms with Gasteiger partial charge in [0.1, 0.15) is 0 Å². The highest BCUT2D eigenvalue weighted by atomic mass is 16.5. The Kier molecular flexibility index (Phi) is 6.19. The van der Waals surface area contributed by atoms with E-state index in [2.05, 4.69) is 72.3 Å². The Morgan fingerprint density at radius 2 is 1.61 bits per heavy atom. The predicted octanol–water partition coefficient (Wildman–Crippen LogP) is 4.25. The maximum Gasteiger partial charge on any atom is 0.253 e. The third kappa shape index (κ3) is 5.10. The van der Waals surface area contributed by atoms with Crippen LogP contribution in [0.15, 0.2) is 48.5 Å². The van der Waals surface area contributed by atoms with E-state index in [4.69, 9.17) is 4.74 Å². The van der Waals surface area contributed by atoms with E-state index in [-0.39, 0.29) is 11.3 Å². The smallest absolute Gasteiger partial charge is 0.253 e. The summed E-state index contributed by atoms with van der Waals surface area (Å²) in [5.74, 6) is 2.17. The number of rotatable bonds is 6. The summed E-state index contributed by atoms with van der Waals surface area (Å²) in [5, 5.41) is 3.63. The van der Waals surface area contributed by atoms with Crippen LogP contribution in [0.3, 0.4) is 0 Å². The number of anilines is 1. The van der Waals surface area contributed by atoms with Gasteiger partial charge in [-0.3, -0.25) is 9.69 Å². The fraction of sp³-hybridized carbons (Fsp3) is 0.536. The van der Waals surface area contributed by atoms with Gasteiger partial charge >= 0.3 is 0 Å². The van der Waals surface area contributed by atoms with Crippen molar-refractivity contribution in [2.45, 2.75) is 32.7 Å². The number of nitrogens with one attached hydrogen (secondary N) is 1. The van der Waals surface area contributed by atoms with Crippen molar-refractivity contribution in [3.63, 3.8) is 0 Å². The van der Waals surface area contributed by atoms with E-state index >= 15 is 0 Å². The van der Waals surface area contributed by atoms with Crippen LogP contribution in [0.5, 0.6) is 0 Å². The summed E-state index contributed by atoms with van der Waals surface area (Å²) < 4.78 is 5.43. The zero-order chi connectivity index (χ0) is 23.0. The molecule has 2 unspecified atom stereocenters. The summed E-state index contributed by atoms with van der Waals surface area (Å²) in [4.78, 5) is 17.4. The minimum Gasteiger partial charge on any atom is -0.385 e. The minimum absolute atomic E-state index is 0.111. The highest BCUT2D eigenvalue weighted by Gasteiger charge is 2.56. The van der Waals surface area contributed by atoms with Gasteiger partial charge < -0.3 is 15.0 Å². The molecule has 1 aliphatic carbocycles. The average molecular weight is 448 g/mol. The Bertz CT molecular complexity index is 946. The molecule has 2 heterocycles. The van der Waals surface area contributed by atoms with Crippen molar-refractivity contribution < 1.29 is 9.53 Å². The second-order valence-corrected chi connectivity index (χ2v) is 11.0. The van der Waals surface area contributed by atoms with Crippen LogP contribution in [-0.4, -0.2) is 61.6 Å². The van der Waals surface area contributed by atoms with E-state index < -0.39 is 0 Å². The standard InChI is InChI=1S/C28H37N3O2/c1-28(2,3)22-8-6-21(7-9-22)27(32)31-18-25-24(26(25)19-31)16-29-23-10-4-20(5-11-23)17-30-12-14-33-15-13-30/h4-11,24-26,29H,12-19H2,1-3H3. The molecule has 2 saturated heterocycles. The molecule has 1 N–H and O–H groups in total. The van der Waals surface area contributed by atoms with Crippen molar-refractivity contribution in [3.05, 3.63) is 65.2 Å². The maximum atomic E-state index is 12.9. The van der Waals surface area contributed by atoms with Gasteiger partial charge in [0.05, 0.1) is 13.2 Å². The molecule has 2 aromatic carbocycles. The second kappa shape index (κ2) is 9.11. The van der Waals surface area contributed by atoms with Gasteiger partial charge in [0.25, 0.3) is 5.91 Å². The van der Waals surface area contributed by atoms with Crippen molar-refractivity contribution in [1.82, 2.24) is 9.80 Å². The number of carbonyl (C=O) groups is 1. The Labute approximate surface area is 198 Å².